The van der Waals surface area contributed by atoms with Crippen LogP contribution in [0.4, 0.5) is 4.79 Å². The molecule has 130 valence electrons. The van der Waals surface area contributed by atoms with Crippen LogP contribution in [0.1, 0.15) is 60.3 Å². The fraction of sp³-hybridized carbons (Fsp3) is 0.941. The summed E-state index contributed by atoms with van der Waals surface area (Å²) < 4.78 is 5.30. The third-order valence-electron chi connectivity index (χ3n) is 4.10. The highest BCUT2D eigenvalue weighted by molar-refractivity contribution is 5.67. The molecule has 0 aromatic rings. The van der Waals surface area contributed by atoms with Crippen molar-refractivity contribution in [2.24, 2.45) is 11.3 Å². The number of alkyl carbamates (subject to hydrolysis) is 1. The lowest BCUT2D eigenvalue weighted by atomic mass is 9.92. The van der Waals surface area contributed by atoms with Crippen molar-refractivity contribution in [2.45, 2.75) is 71.9 Å². The zero-order valence-corrected chi connectivity index (χ0v) is 14.9. The molecule has 0 aliphatic heterocycles. The van der Waals surface area contributed by atoms with Crippen LogP contribution in [0.3, 0.4) is 0 Å². The number of carbonyl (C=O) groups excluding carboxylic acids is 1. The van der Waals surface area contributed by atoms with E-state index in [1.54, 1.807) is 0 Å². The predicted molar refractivity (Wildman–Crippen MR) is 88.9 cm³/mol. The summed E-state index contributed by atoms with van der Waals surface area (Å²) in [5.74, 6) is 0.587. The van der Waals surface area contributed by atoms with Gasteiger partial charge in [0.2, 0.25) is 0 Å². The molecule has 1 saturated carbocycles. The second kappa shape index (κ2) is 8.16. The quantitative estimate of drug-likeness (QED) is 0.676. The number of hydrogen-bond acceptors (Lipinski definition) is 4. The van der Waals surface area contributed by atoms with Crippen molar-refractivity contribution in [3.8, 4) is 0 Å². The molecule has 0 heterocycles. The average Bonchev–Trinajstić information content (AvgIpc) is 2.90. The van der Waals surface area contributed by atoms with E-state index >= 15 is 0 Å². The molecule has 22 heavy (non-hydrogen) atoms. The van der Waals surface area contributed by atoms with Gasteiger partial charge >= 0.3 is 6.09 Å². The maximum absolute atomic E-state index is 11.8. The van der Waals surface area contributed by atoms with Gasteiger partial charge in [-0.05, 0) is 39.5 Å². The molecule has 1 aliphatic carbocycles. The molecule has 0 radical (unpaired) electrons. The van der Waals surface area contributed by atoms with E-state index in [2.05, 4.69) is 10.6 Å². The van der Waals surface area contributed by atoms with Gasteiger partial charge in [-0.1, -0.05) is 26.7 Å². The Morgan fingerprint density at radius 3 is 2.32 bits per heavy atom. The van der Waals surface area contributed by atoms with Crippen LogP contribution in [0.25, 0.3) is 0 Å². The maximum Gasteiger partial charge on any atom is 0.407 e. The molecule has 5 heteroatoms. The van der Waals surface area contributed by atoms with Gasteiger partial charge in [0.1, 0.15) is 5.60 Å². The van der Waals surface area contributed by atoms with Crippen molar-refractivity contribution in [3.05, 3.63) is 0 Å². The third kappa shape index (κ3) is 7.45. The van der Waals surface area contributed by atoms with Gasteiger partial charge in [-0.2, -0.15) is 0 Å². The topological polar surface area (TPSA) is 70.6 Å². The Morgan fingerprint density at radius 2 is 1.82 bits per heavy atom. The summed E-state index contributed by atoms with van der Waals surface area (Å²) in [5.41, 5.74) is -0.623. The standard InChI is InChI=1S/C17H34N2O3/c1-16(2,3)22-15(21)18-10-14(13-8-6-7-9-13)19-11-17(4,5)12-20/h13-14,19-20H,6-12H2,1-5H3,(H,18,21). The minimum absolute atomic E-state index is 0.150. The van der Waals surface area contributed by atoms with Gasteiger partial charge in [0.05, 0.1) is 0 Å². The van der Waals surface area contributed by atoms with Crippen LogP contribution in [0.15, 0.2) is 0 Å². The lowest BCUT2D eigenvalue weighted by molar-refractivity contribution is 0.0516. The Labute approximate surface area is 135 Å². The highest BCUT2D eigenvalue weighted by Crippen LogP contribution is 2.28. The Balaban J connectivity index is 2.50. The zero-order chi connectivity index (χ0) is 16.8. The van der Waals surface area contributed by atoms with Crippen LogP contribution >= 0.6 is 0 Å². The number of ether oxygens (including phenoxy) is 1. The Hall–Kier alpha value is -0.810. The largest absolute Gasteiger partial charge is 0.444 e. The van der Waals surface area contributed by atoms with Gasteiger partial charge in [0, 0.05) is 31.2 Å². The lowest BCUT2D eigenvalue weighted by Crippen LogP contribution is -2.49. The molecule has 5 nitrogen and oxygen atoms in total. The number of aliphatic hydroxyl groups is 1. The molecule has 0 saturated heterocycles. The highest BCUT2D eigenvalue weighted by Gasteiger charge is 2.28. The van der Waals surface area contributed by atoms with Gasteiger partial charge in [-0.15, -0.1) is 0 Å². The summed E-state index contributed by atoms with van der Waals surface area (Å²) in [6, 6.07) is 0.237. The van der Waals surface area contributed by atoms with Crippen LogP contribution in [0, 0.1) is 11.3 Å². The number of aliphatic hydroxyl groups excluding tert-OH is 1. The number of carbonyl (C=O) groups is 1. The average molecular weight is 314 g/mol. The fourth-order valence-electron chi connectivity index (χ4n) is 2.74. The van der Waals surface area contributed by atoms with Crippen molar-refractivity contribution in [3.63, 3.8) is 0 Å². The fourth-order valence-corrected chi connectivity index (χ4v) is 2.74. The van der Waals surface area contributed by atoms with Gasteiger partial charge in [-0.25, -0.2) is 4.79 Å². The number of amides is 1. The summed E-state index contributed by atoms with van der Waals surface area (Å²) in [6.45, 7) is 11.1. The first-order valence-corrected chi connectivity index (χ1v) is 8.44. The van der Waals surface area contributed by atoms with Gasteiger partial charge < -0.3 is 20.5 Å². The summed E-state index contributed by atoms with van der Waals surface area (Å²) in [4.78, 5) is 11.8. The molecule has 1 fully saturated rings. The summed E-state index contributed by atoms with van der Waals surface area (Å²) in [5, 5.41) is 15.8. The minimum Gasteiger partial charge on any atom is -0.444 e. The molecule has 1 unspecified atom stereocenters. The van der Waals surface area contributed by atoms with E-state index < -0.39 is 5.60 Å². The van der Waals surface area contributed by atoms with E-state index in [4.69, 9.17) is 4.74 Å². The van der Waals surface area contributed by atoms with E-state index in [0.717, 1.165) is 6.54 Å². The van der Waals surface area contributed by atoms with Crippen molar-refractivity contribution >= 4 is 6.09 Å². The lowest BCUT2D eigenvalue weighted by Gasteiger charge is -2.30. The van der Waals surface area contributed by atoms with Crippen LogP contribution < -0.4 is 10.6 Å². The molecule has 0 spiro atoms. The van der Waals surface area contributed by atoms with E-state index in [9.17, 15) is 9.90 Å². The summed E-state index contributed by atoms with van der Waals surface area (Å²) >= 11 is 0. The maximum atomic E-state index is 11.8. The number of nitrogens with one attached hydrogen (secondary N) is 2. The smallest absolute Gasteiger partial charge is 0.407 e. The number of hydrogen-bond donors (Lipinski definition) is 3. The van der Waals surface area contributed by atoms with Gasteiger partial charge in [0.15, 0.2) is 0 Å². The third-order valence-corrected chi connectivity index (χ3v) is 4.10. The molecule has 1 rings (SSSR count). The summed E-state index contributed by atoms with van der Waals surface area (Å²) in [7, 11) is 0. The van der Waals surface area contributed by atoms with Crippen LogP contribution in [-0.4, -0.2) is 42.5 Å². The molecule has 1 amide bonds. The van der Waals surface area contributed by atoms with Crippen LogP contribution in [-0.2, 0) is 4.74 Å². The van der Waals surface area contributed by atoms with E-state index in [-0.39, 0.29) is 24.2 Å². The number of rotatable bonds is 7. The van der Waals surface area contributed by atoms with E-state index in [1.165, 1.54) is 25.7 Å². The molecule has 0 aromatic heterocycles. The first kappa shape index (κ1) is 19.2. The first-order valence-electron chi connectivity index (χ1n) is 8.44. The summed E-state index contributed by atoms with van der Waals surface area (Å²) in [6.07, 6.45) is 4.57. The second-order valence-corrected chi connectivity index (χ2v) is 8.24. The monoisotopic (exact) mass is 314 g/mol. The molecule has 0 bridgehead atoms. The SMILES string of the molecule is CC(C)(CO)CNC(CNC(=O)OC(C)(C)C)C1CCCC1. The first-order chi connectivity index (χ1) is 10.1. The van der Waals surface area contributed by atoms with Gasteiger partial charge in [-0.3, -0.25) is 0 Å². The van der Waals surface area contributed by atoms with Crippen molar-refractivity contribution in [1.29, 1.82) is 0 Å². The zero-order valence-electron chi connectivity index (χ0n) is 14.9. The Morgan fingerprint density at radius 1 is 1.23 bits per heavy atom. The minimum atomic E-state index is -0.473. The Bertz CT molecular complexity index is 344. The van der Waals surface area contributed by atoms with Gasteiger partial charge in [0.25, 0.3) is 0 Å². The van der Waals surface area contributed by atoms with E-state index in [0.29, 0.717) is 12.5 Å². The van der Waals surface area contributed by atoms with Crippen molar-refractivity contribution < 1.29 is 14.6 Å². The van der Waals surface area contributed by atoms with Crippen molar-refractivity contribution in [2.75, 3.05) is 19.7 Å². The predicted octanol–water partition coefficient (Wildman–Crippen LogP) is 2.68. The van der Waals surface area contributed by atoms with Crippen molar-refractivity contribution in [1.82, 2.24) is 10.6 Å². The van der Waals surface area contributed by atoms with Crippen LogP contribution in [0.2, 0.25) is 0 Å². The molecule has 3 N–H and O–H groups in total. The normalized spacial score (nSPS) is 18.3. The molecular weight excluding hydrogens is 280 g/mol. The highest BCUT2D eigenvalue weighted by atomic mass is 16.6. The molecular formula is C17H34N2O3. The molecule has 0 aromatic carbocycles. The molecule has 1 aliphatic rings. The van der Waals surface area contributed by atoms with E-state index in [1.807, 2.05) is 34.6 Å². The van der Waals surface area contributed by atoms with Crippen LogP contribution in [0.5, 0.6) is 0 Å². The molecule has 1 atom stereocenters. The Kier molecular flexibility index (Phi) is 7.13. The second-order valence-electron chi connectivity index (χ2n) is 8.24.